The predicted octanol–water partition coefficient (Wildman–Crippen LogP) is 4.34. The van der Waals surface area contributed by atoms with Gasteiger partial charge in [-0.2, -0.15) is 0 Å². The summed E-state index contributed by atoms with van der Waals surface area (Å²) in [7, 11) is 1.93. The van der Waals surface area contributed by atoms with Crippen molar-refractivity contribution in [1.82, 2.24) is 15.2 Å². The van der Waals surface area contributed by atoms with Crippen molar-refractivity contribution >= 4 is 17.5 Å². The van der Waals surface area contributed by atoms with Gasteiger partial charge in [-0.1, -0.05) is 13.0 Å². The number of fused-ring (bicyclic) bond motifs is 1. The van der Waals surface area contributed by atoms with Crippen LogP contribution in [-0.4, -0.2) is 47.9 Å². The van der Waals surface area contributed by atoms with Crippen molar-refractivity contribution in [3.8, 4) is 0 Å². The van der Waals surface area contributed by atoms with E-state index in [9.17, 15) is 9.59 Å². The highest BCUT2D eigenvalue weighted by Gasteiger charge is 2.29. The number of hydrogen-bond acceptors (Lipinski definition) is 4. The first kappa shape index (κ1) is 23.3. The zero-order chi connectivity index (χ0) is 23.5. The fourth-order valence-corrected chi connectivity index (χ4v) is 5.25. The predicted molar refractivity (Wildman–Crippen MR) is 132 cm³/mol. The number of aryl methyl sites for hydroxylation is 3. The highest BCUT2D eigenvalue weighted by atomic mass is 16.2. The van der Waals surface area contributed by atoms with Crippen LogP contribution in [0.5, 0.6) is 0 Å². The van der Waals surface area contributed by atoms with E-state index in [1.165, 1.54) is 11.3 Å². The SMILES string of the molecule is CCCC(=O)NC1CCc2ccc(C(=O)N(C)C3CCN(c4cc(C)nc(C)c4)CC3)cc21. The maximum atomic E-state index is 13.3. The average molecular weight is 449 g/mol. The number of nitrogens with zero attached hydrogens (tertiary/aromatic N) is 3. The Labute approximate surface area is 197 Å². The molecule has 1 N–H and O–H groups in total. The molecule has 4 rings (SSSR count). The quantitative estimate of drug-likeness (QED) is 0.714. The third-order valence-electron chi connectivity index (χ3n) is 7.05. The van der Waals surface area contributed by atoms with Crippen molar-refractivity contribution in [2.45, 2.75) is 71.4 Å². The van der Waals surface area contributed by atoms with Crippen molar-refractivity contribution < 1.29 is 9.59 Å². The summed E-state index contributed by atoms with van der Waals surface area (Å²) in [5.41, 5.74) is 6.38. The number of carbonyl (C=O) groups is 2. The van der Waals surface area contributed by atoms with E-state index >= 15 is 0 Å². The van der Waals surface area contributed by atoms with E-state index in [0.29, 0.717) is 6.42 Å². The van der Waals surface area contributed by atoms with Crippen LogP contribution >= 0.6 is 0 Å². The van der Waals surface area contributed by atoms with Gasteiger partial charge in [-0.15, -0.1) is 0 Å². The monoisotopic (exact) mass is 448 g/mol. The molecule has 0 bridgehead atoms. The largest absolute Gasteiger partial charge is 0.371 e. The number of nitrogens with one attached hydrogen (secondary N) is 1. The second-order valence-electron chi connectivity index (χ2n) is 9.56. The normalized spacial score (nSPS) is 18.2. The Kier molecular flexibility index (Phi) is 7.01. The summed E-state index contributed by atoms with van der Waals surface area (Å²) in [5, 5.41) is 3.15. The molecule has 0 radical (unpaired) electrons. The number of piperidine rings is 1. The number of anilines is 1. The third-order valence-corrected chi connectivity index (χ3v) is 7.05. The molecular weight excluding hydrogens is 412 g/mol. The minimum absolute atomic E-state index is 0.0209. The summed E-state index contributed by atoms with van der Waals surface area (Å²) in [6.45, 7) is 7.94. The minimum atomic E-state index is 0.0209. The molecule has 1 aliphatic carbocycles. The molecular formula is C27H36N4O2. The molecule has 1 unspecified atom stereocenters. The van der Waals surface area contributed by atoms with Crippen LogP contribution in [0.25, 0.3) is 0 Å². The zero-order valence-electron chi connectivity index (χ0n) is 20.4. The van der Waals surface area contributed by atoms with Gasteiger partial charge in [0, 0.05) is 55.2 Å². The highest BCUT2D eigenvalue weighted by molar-refractivity contribution is 5.94. The molecule has 6 heteroatoms. The molecule has 2 aliphatic rings. The van der Waals surface area contributed by atoms with Crippen LogP contribution in [0.15, 0.2) is 30.3 Å². The van der Waals surface area contributed by atoms with Gasteiger partial charge >= 0.3 is 0 Å². The van der Waals surface area contributed by atoms with Crippen molar-refractivity contribution in [3.63, 3.8) is 0 Å². The lowest BCUT2D eigenvalue weighted by atomic mass is 10.00. The Morgan fingerprint density at radius 2 is 1.79 bits per heavy atom. The lowest BCUT2D eigenvalue weighted by Crippen LogP contribution is -2.45. The van der Waals surface area contributed by atoms with Gasteiger partial charge in [0.05, 0.1) is 6.04 Å². The summed E-state index contributed by atoms with van der Waals surface area (Å²) < 4.78 is 0. The molecule has 1 aromatic carbocycles. The van der Waals surface area contributed by atoms with Crippen LogP contribution in [0.4, 0.5) is 5.69 Å². The second-order valence-corrected chi connectivity index (χ2v) is 9.56. The maximum absolute atomic E-state index is 13.3. The lowest BCUT2D eigenvalue weighted by molar-refractivity contribution is -0.121. The van der Waals surface area contributed by atoms with Gasteiger partial charge in [0.15, 0.2) is 0 Å². The van der Waals surface area contributed by atoms with Crippen molar-refractivity contribution in [3.05, 3.63) is 58.4 Å². The number of aromatic nitrogens is 1. The maximum Gasteiger partial charge on any atom is 0.253 e. The molecule has 33 heavy (non-hydrogen) atoms. The van der Waals surface area contributed by atoms with E-state index in [-0.39, 0.29) is 23.9 Å². The summed E-state index contributed by atoms with van der Waals surface area (Å²) in [6, 6.07) is 10.6. The summed E-state index contributed by atoms with van der Waals surface area (Å²) >= 11 is 0. The molecule has 1 saturated heterocycles. The molecule has 1 fully saturated rings. The van der Waals surface area contributed by atoms with Crippen LogP contribution in [0.2, 0.25) is 0 Å². The van der Waals surface area contributed by atoms with E-state index in [0.717, 1.165) is 67.7 Å². The van der Waals surface area contributed by atoms with Gasteiger partial charge < -0.3 is 15.1 Å². The molecule has 1 aliphatic heterocycles. The van der Waals surface area contributed by atoms with Crippen LogP contribution < -0.4 is 10.2 Å². The summed E-state index contributed by atoms with van der Waals surface area (Å²) in [4.78, 5) is 34.2. The number of hydrogen-bond donors (Lipinski definition) is 1. The standard InChI is InChI=1S/C27H36N4O2/c1-5-6-26(32)29-25-10-9-20-7-8-21(17-24(20)25)27(33)30(4)22-11-13-31(14-12-22)23-15-18(2)28-19(3)16-23/h7-8,15-17,22,25H,5-6,9-14H2,1-4H3,(H,29,32). The molecule has 1 aromatic heterocycles. The number of benzene rings is 1. The van der Waals surface area contributed by atoms with Crippen molar-refractivity contribution in [2.75, 3.05) is 25.0 Å². The van der Waals surface area contributed by atoms with E-state index in [1.54, 1.807) is 0 Å². The Morgan fingerprint density at radius 3 is 2.45 bits per heavy atom. The number of pyridine rings is 1. The lowest BCUT2D eigenvalue weighted by Gasteiger charge is -2.38. The average Bonchev–Trinajstić information content (AvgIpc) is 3.19. The van der Waals surface area contributed by atoms with Gasteiger partial charge in [-0.05, 0) is 81.3 Å². The fraction of sp³-hybridized carbons (Fsp3) is 0.519. The Morgan fingerprint density at radius 1 is 1.09 bits per heavy atom. The fourth-order valence-electron chi connectivity index (χ4n) is 5.25. The van der Waals surface area contributed by atoms with E-state index < -0.39 is 0 Å². The van der Waals surface area contributed by atoms with Crippen LogP contribution in [0.3, 0.4) is 0 Å². The Bertz CT molecular complexity index is 1010. The Hall–Kier alpha value is -2.89. The topological polar surface area (TPSA) is 65.5 Å². The number of rotatable bonds is 6. The zero-order valence-corrected chi connectivity index (χ0v) is 20.4. The first-order valence-corrected chi connectivity index (χ1v) is 12.2. The van der Waals surface area contributed by atoms with E-state index in [2.05, 4.69) is 33.4 Å². The second kappa shape index (κ2) is 9.94. The van der Waals surface area contributed by atoms with Gasteiger partial charge in [0.2, 0.25) is 5.91 Å². The minimum Gasteiger partial charge on any atom is -0.371 e. The molecule has 0 saturated carbocycles. The van der Waals surface area contributed by atoms with E-state index in [4.69, 9.17) is 0 Å². The smallest absolute Gasteiger partial charge is 0.253 e. The highest BCUT2D eigenvalue weighted by Crippen LogP contribution is 2.32. The van der Waals surface area contributed by atoms with Crippen LogP contribution in [-0.2, 0) is 11.2 Å². The van der Waals surface area contributed by atoms with Gasteiger partial charge in [-0.3, -0.25) is 14.6 Å². The molecule has 2 amide bonds. The van der Waals surface area contributed by atoms with Crippen LogP contribution in [0.1, 0.15) is 77.9 Å². The summed E-state index contributed by atoms with van der Waals surface area (Å²) in [6.07, 6.45) is 5.14. The number of amides is 2. The van der Waals surface area contributed by atoms with Gasteiger partial charge in [0.25, 0.3) is 5.91 Å². The number of carbonyl (C=O) groups excluding carboxylic acids is 2. The van der Waals surface area contributed by atoms with Gasteiger partial charge in [0.1, 0.15) is 0 Å². The molecule has 0 spiro atoms. The summed E-state index contributed by atoms with van der Waals surface area (Å²) in [5.74, 6) is 0.160. The molecule has 1 atom stereocenters. The van der Waals surface area contributed by atoms with Crippen LogP contribution in [0, 0.1) is 13.8 Å². The van der Waals surface area contributed by atoms with Crippen molar-refractivity contribution in [1.29, 1.82) is 0 Å². The first-order valence-electron chi connectivity index (χ1n) is 12.2. The molecule has 2 heterocycles. The first-order chi connectivity index (χ1) is 15.9. The van der Waals surface area contributed by atoms with Crippen molar-refractivity contribution in [2.24, 2.45) is 0 Å². The molecule has 6 nitrogen and oxygen atoms in total. The molecule has 2 aromatic rings. The third kappa shape index (κ3) is 5.21. The Balaban J connectivity index is 1.40. The molecule has 176 valence electrons. The van der Waals surface area contributed by atoms with E-state index in [1.807, 2.05) is 44.9 Å². The van der Waals surface area contributed by atoms with Gasteiger partial charge in [-0.25, -0.2) is 0 Å².